The number of hydrogen-bond acceptors (Lipinski definition) is 8. The number of esters is 2. The number of rotatable bonds is 6. The van der Waals surface area contributed by atoms with E-state index < -0.39 is 52.4 Å². The van der Waals surface area contributed by atoms with Crippen LogP contribution in [0.15, 0.2) is 24.3 Å². The summed E-state index contributed by atoms with van der Waals surface area (Å²) in [5.41, 5.74) is -1.60. The SMILES string of the molecule is CCOC(=O)[C@H]1C(=O)C[C@](C)(O)[C@@H](C(=O)OCC)[C@H]1c1ccc([N+](=O)[O-])cc1. The Bertz CT molecular complexity index is 771. The number of Topliss-reactive ketones (excluding diaryl/α,β-unsaturated/α-hetero) is 1. The topological polar surface area (TPSA) is 133 Å². The van der Waals surface area contributed by atoms with Crippen LogP contribution in [0, 0.1) is 22.0 Å². The fourth-order valence-electron chi connectivity index (χ4n) is 3.70. The Labute approximate surface area is 161 Å². The molecule has 1 aromatic rings. The number of nitro groups is 1. The van der Waals surface area contributed by atoms with Crippen molar-refractivity contribution in [2.45, 2.75) is 38.7 Å². The van der Waals surface area contributed by atoms with Crippen molar-refractivity contribution < 1.29 is 33.9 Å². The third-order valence-corrected chi connectivity index (χ3v) is 4.84. The van der Waals surface area contributed by atoms with Crippen LogP contribution in [0.1, 0.15) is 38.7 Å². The lowest BCUT2D eigenvalue weighted by molar-refractivity contribution is -0.384. The minimum Gasteiger partial charge on any atom is -0.466 e. The lowest BCUT2D eigenvalue weighted by Gasteiger charge is -2.43. The quantitative estimate of drug-likeness (QED) is 0.334. The Morgan fingerprint density at radius 2 is 1.71 bits per heavy atom. The Hall–Kier alpha value is -2.81. The summed E-state index contributed by atoms with van der Waals surface area (Å²) in [7, 11) is 0. The number of non-ortho nitro benzene ring substituents is 1. The van der Waals surface area contributed by atoms with E-state index in [4.69, 9.17) is 9.47 Å². The van der Waals surface area contributed by atoms with Crippen LogP contribution < -0.4 is 0 Å². The molecule has 0 heterocycles. The number of carbonyl (C=O) groups excluding carboxylic acids is 3. The maximum absolute atomic E-state index is 12.7. The first kappa shape index (κ1) is 21.5. The van der Waals surface area contributed by atoms with Gasteiger partial charge in [0.15, 0.2) is 5.78 Å². The maximum Gasteiger partial charge on any atom is 0.317 e. The van der Waals surface area contributed by atoms with Crippen molar-refractivity contribution in [1.29, 1.82) is 0 Å². The third-order valence-electron chi connectivity index (χ3n) is 4.84. The summed E-state index contributed by atoms with van der Waals surface area (Å²) < 4.78 is 10.1. The first-order valence-corrected chi connectivity index (χ1v) is 8.96. The normalized spacial score (nSPS) is 27.1. The fraction of sp³-hybridized carbons (Fsp3) is 0.526. The van der Waals surface area contributed by atoms with Gasteiger partial charge in [0.2, 0.25) is 0 Å². The molecule has 9 heteroatoms. The zero-order valence-corrected chi connectivity index (χ0v) is 15.9. The maximum atomic E-state index is 12.7. The highest BCUT2D eigenvalue weighted by atomic mass is 16.6. The molecule has 1 aromatic carbocycles. The van der Waals surface area contributed by atoms with E-state index >= 15 is 0 Å². The van der Waals surface area contributed by atoms with Gasteiger partial charge < -0.3 is 14.6 Å². The minimum absolute atomic E-state index is 0.0378. The molecule has 152 valence electrons. The van der Waals surface area contributed by atoms with E-state index in [1.807, 2.05) is 0 Å². The van der Waals surface area contributed by atoms with E-state index in [0.29, 0.717) is 5.56 Å². The average molecular weight is 393 g/mol. The molecule has 1 aliphatic carbocycles. The smallest absolute Gasteiger partial charge is 0.317 e. The largest absolute Gasteiger partial charge is 0.466 e. The summed E-state index contributed by atoms with van der Waals surface area (Å²) in [6, 6.07) is 5.17. The van der Waals surface area contributed by atoms with Gasteiger partial charge in [0.1, 0.15) is 5.92 Å². The minimum atomic E-state index is -1.75. The van der Waals surface area contributed by atoms with Gasteiger partial charge in [0.25, 0.3) is 5.69 Å². The zero-order chi connectivity index (χ0) is 21.1. The zero-order valence-electron chi connectivity index (χ0n) is 15.9. The molecule has 1 saturated carbocycles. The second-order valence-corrected chi connectivity index (χ2v) is 6.83. The molecule has 0 spiro atoms. The third kappa shape index (κ3) is 4.19. The monoisotopic (exact) mass is 393 g/mol. The molecular weight excluding hydrogens is 370 g/mol. The van der Waals surface area contributed by atoms with Gasteiger partial charge in [-0.1, -0.05) is 12.1 Å². The molecule has 1 N–H and O–H groups in total. The molecule has 0 unspecified atom stereocenters. The molecule has 0 radical (unpaired) electrons. The number of hydrogen-bond donors (Lipinski definition) is 1. The van der Waals surface area contributed by atoms with Gasteiger partial charge >= 0.3 is 11.9 Å². The molecule has 9 nitrogen and oxygen atoms in total. The second kappa shape index (κ2) is 8.47. The van der Waals surface area contributed by atoms with Gasteiger partial charge in [-0.05, 0) is 26.3 Å². The van der Waals surface area contributed by atoms with E-state index in [0.717, 1.165) is 0 Å². The van der Waals surface area contributed by atoms with Crippen LogP contribution in [0.3, 0.4) is 0 Å². The first-order valence-electron chi connectivity index (χ1n) is 8.96. The molecule has 0 aromatic heterocycles. The van der Waals surface area contributed by atoms with E-state index in [9.17, 15) is 29.6 Å². The van der Waals surface area contributed by atoms with Gasteiger partial charge in [-0.15, -0.1) is 0 Å². The first-order chi connectivity index (χ1) is 13.1. The molecule has 1 aliphatic rings. The Morgan fingerprint density at radius 3 is 2.21 bits per heavy atom. The highest BCUT2D eigenvalue weighted by Gasteiger charge is 2.57. The van der Waals surface area contributed by atoms with Crippen molar-refractivity contribution in [2.75, 3.05) is 13.2 Å². The lowest BCUT2D eigenvalue weighted by Crippen LogP contribution is -2.55. The number of carbonyl (C=O) groups is 3. The predicted molar refractivity (Wildman–Crippen MR) is 96.3 cm³/mol. The van der Waals surface area contributed by atoms with E-state index in [1.165, 1.54) is 31.2 Å². The molecule has 0 saturated heterocycles. The Morgan fingerprint density at radius 1 is 1.18 bits per heavy atom. The average Bonchev–Trinajstić information content (AvgIpc) is 2.60. The summed E-state index contributed by atoms with van der Waals surface area (Å²) in [5.74, 6) is -5.74. The van der Waals surface area contributed by atoms with E-state index in [2.05, 4.69) is 0 Å². The second-order valence-electron chi connectivity index (χ2n) is 6.83. The van der Waals surface area contributed by atoms with Gasteiger partial charge in [-0.25, -0.2) is 0 Å². The van der Waals surface area contributed by atoms with Gasteiger partial charge in [0, 0.05) is 24.5 Å². The van der Waals surface area contributed by atoms with Crippen molar-refractivity contribution in [2.24, 2.45) is 11.8 Å². The summed E-state index contributed by atoms with van der Waals surface area (Å²) in [6.07, 6.45) is -0.413. The molecule has 28 heavy (non-hydrogen) atoms. The van der Waals surface area contributed by atoms with E-state index in [-0.39, 0.29) is 18.9 Å². The standard InChI is InChI=1S/C19H23NO8/c1-4-27-17(22)15-13(21)10-19(3,24)16(18(23)28-5-2)14(15)11-6-8-12(9-7-11)20(25)26/h6-9,14-16,24H,4-5,10H2,1-3H3/t14-,15-,16+,19-/m0/s1. The van der Waals surface area contributed by atoms with Crippen molar-refractivity contribution in [3.05, 3.63) is 39.9 Å². The Kier molecular flexibility index (Phi) is 6.50. The molecule has 2 rings (SSSR count). The number of aliphatic hydroxyl groups is 1. The van der Waals surface area contributed by atoms with Gasteiger partial charge in [-0.2, -0.15) is 0 Å². The van der Waals surface area contributed by atoms with Crippen LogP contribution in [0.2, 0.25) is 0 Å². The van der Waals surface area contributed by atoms with Crippen LogP contribution in [-0.2, 0) is 23.9 Å². The Balaban J connectivity index is 2.61. The number of nitrogens with zero attached hydrogens (tertiary/aromatic N) is 1. The number of ketones is 1. The highest BCUT2D eigenvalue weighted by molar-refractivity contribution is 6.02. The number of ether oxygens (including phenoxy) is 2. The van der Waals surface area contributed by atoms with Crippen LogP contribution in [0.5, 0.6) is 0 Å². The van der Waals surface area contributed by atoms with Crippen LogP contribution >= 0.6 is 0 Å². The lowest BCUT2D eigenvalue weighted by atomic mass is 9.61. The molecule has 0 bridgehead atoms. The number of benzene rings is 1. The molecule has 1 fully saturated rings. The van der Waals surface area contributed by atoms with Gasteiger partial charge in [0.05, 0.1) is 29.7 Å². The van der Waals surface area contributed by atoms with E-state index in [1.54, 1.807) is 13.8 Å². The summed E-state index contributed by atoms with van der Waals surface area (Å²) in [5, 5.41) is 21.7. The molecule has 4 atom stereocenters. The highest BCUT2D eigenvalue weighted by Crippen LogP contribution is 2.46. The number of nitro benzene ring substituents is 1. The fourth-order valence-corrected chi connectivity index (χ4v) is 3.70. The van der Waals surface area contributed by atoms with Crippen molar-refractivity contribution >= 4 is 23.4 Å². The summed E-state index contributed by atoms with van der Waals surface area (Å²) in [6.45, 7) is 4.62. The molecule has 0 aliphatic heterocycles. The van der Waals surface area contributed by atoms with Gasteiger partial charge in [-0.3, -0.25) is 24.5 Å². The van der Waals surface area contributed by atoms with Crippen molar-refractivity contribution in [3.63, 3.8) is 0 Å². The summed E-state index contributed by atoms with van der Waals surface area (Å²) >= 11 is 0. The molecular formula is C19H23NO8. The predicted octanol–water partition coefficient (Wildman–Crippen LogP) is 1.76. The van der Waals surface area contributed by atoms with Crippen LogP contribution in [-0.4, -0.2) is 46.6 Å². The van der Waals surface area contributed by atoms with Crippen LogP contribution in [0.25, 0.3) is 0 Å². The van der Waals surface area contributed by atoms with Crippen molar-refractivity contribution in [1.82, 2.24) is 0 Å². The van der Waals surface area contributed by atoms with Crippen molar-refractivity contribution in [3.8, 4) is 0 Å². The van der Waals surface area contributed by atoms with Crippen LogP contribution in [0.4, 0.5) is 5.69 Å². The molecule has 0 amide bonds. The summed E-state index contributed by atoms with van der Waals surface area (Å²) in [4.78, 5) is 48.2.